The van der Waals surface area contributed by atoms with Gasteiger partial charge < -0.3 is 5.32 Å². The van der Waals surface area contributed by atoms with Gasteiger partial charge in [-0.15, -0.1) is 6.42 Å². The highest BCUT2D eigenvalue weighted by atomic mass is 14.9. The molecule has 0 aromatic heterocycles. The highest BCUT2D eigenvalue weighted by Crippen LogP contribution is 2.02. The molecular weight excluding hydrogens is 146 g/mol. The van der Waals surface area contributed by atoms with Crippen LogP contribution in [-0.4, -0.2) is 12.1 Å². The lowest BCUT2D eigenvalue weighted by molar-refractivity contribution is 0.437. The zero-order chi connectivity index (χ0) is 9.40. The van der Waals surface area contributed by atoms with Crippen LogP contribution in [0.1, 0.15) is 46.5 Å². The average molecular weight is 167 g/mol. The second-order valence-electron chi connectivity index (χ2n) is 3.19. The van der Waals surface area contributed by atoms with Gasteiger partial charge in [-0.3, -0.25) is 0 Å². The molecule has 1 N–H and O–H groups in total. The van der Waals surface area contributed by atoms with Gasteiger partial charge in [-0.2, -0.15) is 0 Å². The first-order valence-electron chi connectivity index (χ1n) is 5.00. The molecule has 1 heteroatoms. The Morgan fingerprint density at radius 1 is 1.25 bits per heavy atom. The predicted molar refractivity (Wildman–Crippen MR) is 55.0 cm³/mol. The van der Waals surface area contributed by atoms with E-state index in [9.17, 15) is 0 Å². The molecule has 0 saturated carbocycles. The monoisotopic (exact) mass is 167 g/mol. The Morgan fingerprint density at radius 2 is 1.83 bits per heavy atom. The summed E-state index contributed by atoms with van der Waals surface area (Å²) in [4.78, 5) is 0. The van der Waals surface area contributed by atoms with Crippen LogP contribution in [0.5, 0.6) is 0 Å². The maximum atomic E-state index is 5.40. The SMILES string of the molecule is C#CC(CCC)NC(CC)CC. The summed E-state index contributed by atoms with van der Waals surface area (Å²) in [6.07, 6.45) is 9.98. The molecule has 0 radical (unpaired) electrons. The molecule has 0 aliphatic rings. The number of terminal acetylenes is 1. The fourth-order valence-electron chi connectivity index (χ4n) is 1.31. The van der Waals surface area contributed by atoms with E-state index in [1.54, 1.807) is 0 Å². The van der Waals surface area contributed by atoms with Crippen LogP contribution in [0.3, 0.4) is 0 Å². The van der Waals surface area contributed by atoms with Gasteiger partial charge in [0.05, 0.1) is 6.04 Å². The molecule has 0 amide bonds. The minimum atomic E-state index is 0.278. The maximum absolute atomic E-state index is 5.40. The second-order valence-corrected chi connectivity index (χ2v) is 3.19. The Balaban J connectivity index is 3.76. The van der Waals surface area contributed by atoms with Crippen LogP contribution in [0, 0.1) is 12.3 Å². The molecule has 0 heterocycles. The third kappa shape index (κ3) is 4.41. The van der Waals surface area contributed by atoms with Crippen molar-refractivity contribution in [1.29, 1.82) is 0 Å². The van der Waals surface area contributed by atoms with Gasteiger partial charge in [0.1, 0.15) is 0 Å². The van der Waals surface area contributed by atoms with Gasteiger partial charge in [-0.25, -0.2) is 0 Å². The molecule has 0 rings (SSSR count). The minimum absolute atomic E-state index is 0.278. The van der Waals surface area contributed by atoms with Crippen molar-refractivity contribution in [3.8, 4) is 12.3 Å². The maximum Gasteiger partial charge on any atom is 0.0688 e. The molecule has 0 bridgehead atoms. The van der Waals surface area contributed by atoms with Crippen molar-refractivity contribution in [2.24, 2.45) is 0 Å². The third-order valence-electron chi connectivity index (χ3n) is 2.20. The Morgan fingerprint density at radius 3 is 2.17 bits per heavy atom. The molecule has 0 fully saturated rings. The number of hydrogen-bond donors (Lipinski definition) is 1. The molecule has 0 aliphatic carbocycles. The minimum Gasteiger partial charge on any atom is -0.301 e. The molecule has 0 saturated heterocycles. The predicted octanol–water partition coefficient (Wildman–Crippen LogP) is 2.57. The topological polar surface area (TPSA) is 12.0 Å². The largest absolute Gasteiger partial charge is 0.301 e. The Kier molecular flexibility index (Phi) is 6.90. The molecule has 0 spiro atoms. The van der Waals surface area contributed by atoms with Crippen LogP contribution < -0.4 is 5.32 Å². The Labute approximate surface area is 76.9 Å². The number of hydrogen-bond acceptors (Lipinski definition) is 1. The smallest absolute Gasteiger partial charge is 0.0688 e. The van der Waals surface area contributed by atoms with Crippen molar-refractivity contribution in [1.82, 2.24) is 5.32 Å². The van der Waals surface area contributed by atoms with Crippen LogP contribution in [0.2, 0.25) is 0 Å². The first-order chi connectivity index (χ1) is 5.78. The number of nitrogens with one attached hydrogen (secondary N) is 1. The van der Waals surface area contributed by atoms with E-state index in [4.69, 9.17) is 6.42 Å². The van der Waals surface area contributed by atoms with E-state index in [1.807, 2.05) is 0 Å². The Hall–Kier alpha value is -0.480. The van der Waals surface area contributed by atoms with E-state index in [1.165, 1.54) is 12.8 Å². The van der Waals surface area contributed by atoms with Crippen molar-refractivity contribution in [2.45, 2.75) is 58.5 Å². The molecule has 1 unspecified atom stereocenters. The molecule has 0 aromatic rings. The first kappa shape index (κ1) is 11.5. The summed E-state index contributed by atoms with van der Waals surface area (Å²) in [6.45, 7) is 6.56. The van der Waals surface area contributed by atoms with Gasteiger partial charge in [-0.05, 0) is 19.3 Å². The molecule has 1 atom stereocenters. The van der Waals surface area contributed by atoms with Crippen LogP contribution in [0.4, 0.5) is 0 Å². The fraction of sp³-hybridized carbons (Fsp3) is 0.818. The van der Waals surface area contributed by atoms with Crippen LogP contribution >= 0.6 is 0 Å². The third-order valence-corrected chi connectivity index (χ3v) is 2.20. The van der Waals surface area contributed by atoms with Crippen molar-refractivity contribution >= 4 is 0 Å². The molecule has 0 aliphatic heterocycles. The highest BCUT2D eigenvalue weighted by Gasteiger charge is 2.08. The van der Waals surface area contributed by atoms with E-state index in [0.29, 0.717) is 6.04 Å². The van der Waals surface area contributed by atoms with E-state index in [-0.39, 0.29) is 6.04 Å². The summed E-state index contributed by atoms with van der Waals surface area (Å²) in [5, 5.41) is 3.47. The van der Waals surface area contributed by atoms with E-state index < -0.39 is 0 Å². The van der Waals surface area contributed by atoms with Gasteiger partial charge in [0.2, 0.25) is 0 Å². The summed E-state index contributed by atoms with van der Waals surface area (Å²) in [5.74, 6) is 2.79. The standard InChI is InChI=1S/C11H21N/c1-5-9-11(8-4)12-10(6-2)7-3/h4,10-12H,5-7,9H2,1-3H3. The first-order valence-corrected chi connectivity index (χ1v) is 5.00. The van der Waals surface area contributed by atoms with E-state index >= 15 is 0 Å². The van der Waals surface area contributed by atoms with Gasteiger partial charge in [-0.1, -0.05) is 33.1 Å². The normalized spacial score (nSPS) is 12.9. The average Bonchev–Trinajstić information content (AvgIpc) is 2.12. The molecule has 12 heavy (non-hydrogen) atoms. The van der Waals surface area contributed by atoms with Gasteiger partial charge in [0.25, 0.3) is 0 Å². The lowest BCUT2D eigenvalue weighted by Gasteiger charge is -2.19. The molecule has 1 nitrogen and oxygen atoms in total. The summed E-state index contributed by atoms with van der Waals surface area (Å²) >= 11 is 0. The van der Waals surface area contributed by atoms with Crippen molar-refractivity contribution in [3.63, 3.8) is 0 Å². The number of rotatable bonds is 6. The van der Waals surface area contributed by atoms with Crippen LogP contribution in [0.25, 0.3) is 0 Å². The van der Waals surface area contributed by atoms with E-state index in [2.05, 4.69) is 32.0 Å². The molecular formula is C11H21N. The van der Waals surface area contributed by atoms with Crippen molar-refractivity contribution in [3.05, 3.63) is 0 Å². The Bertz CT molecular complexity index is 130. The zero-order valence-electron chi connectivity index (χ0n) is 8.56. The molecule has 0 aromatic carbocycles. The second kappa shape index (κ2) is 7.18. The van der Waals surface area contributed by atoms with Crippen LogP contribution in [-0.2, 0) is 0 Å². The summed E-state index contributed by atoms with van der Waals surface area (Å²) in [5.41, 5.74) is 0. The van der Waals surface area contributed by atoms with E-state index in [0.717, 1.165) is 12.8 Å². The quantitative estimate of drug-likeness (QED) is 0.599. The lowest BCUT2D eigenvalue weighted by atomic mass is 10.1. The zero-order valence-corrected chi connectivity index (χ0v) is 8.56. The van der Waals surface area contributed by atoms with Gasteiger partial charge >= 0.3 is 0 Å². The summed E-state index contributed by atoms with van der Waals surface area (Å²) in [7, 11) is 0. The highest BCUT2D eigenvalue weighted by molar-refractivity contribution is 4.99. The summed E-state index contributed by atoms with van der Waals surface area (Å²) < 4.78 is 0. The van der Waals surface area contributed by atoms with Gasteiger partial charge in [0.15, 0.2) is 0 Å². The van der Waals surface area contributed by atoms with Crippen molar-refractivity contribution in [2.75, 3.05) is 0 Å². The summed E-state index contributed by atoms with van der Waals surface area (Å²) in [6, 6.07) is 0.873. The lowest BCUT2D eigenvalue weighted by Crippen LogP contribution is -2.36. The molecule has 70 valence electrons. The van der Waals surface area contributed by atoms with Crippen molar-refractivity contribution < 1.29 is 0 Å². The van der Waals surface area contributed by atoms with Crippen LogP contribution in [0.15, 0.2) is 0 Å². The van der Waals surface area contributed by atoms with Gasteiger partial charge in [0, 0.05) is 6.04 Å². The fourth-order valence-corrected chi connectivity index (χ4v) is 1.31.